The molecule has 0 aliphatic carbocycles. The lowest BCUT2D eigenvalue weighted by Gasteiger charge is -2.15. The van der Waals surface area contributed by atoms with Gasteiger partial charge in [-0.2, -0.15) is 9.78 Å². The summed E-state index contributed by atoms with van der Waals surface area (Å²) in [6.07, 6.45) is 3.13. The van der Waals surface area contributed by atoms with E-state index in [1.807, 2.05) is 62.4 Å². The lowest BCUT2D eigenvalue weighted by molar-refractivity contribution is 0.267. The van der Waals surface area contributed by atoms with Gasteiger partial charge in [0.1, 0.15) is 12.4 Å². The number of halogens is 3. The van der Waals surface area contributed by atoms with Gasteiger partial charge in [-0.1, -0.05) is 46.6 Å². The predicted molar refractivity (Wildman–Crippen MR) is 157 cm³/mol. The number of hydrogen-bond donors (Lipinski definition) is 0. The quantitative estimate of drug-likeness (QED) is 0.138. The summed E-state index contributed by atoms with van der Waals surface area (Å²) in [5, 5.41) is 5.73. The molecule has 4 aromatic rings. The van der Waals surface area contributed by atoms with Gasteiger partial charge >= 0.3 is 0 Å². The summed E-state index contributed by atoms with van der Waals surface area (Å²) < 4.78 is 15.1. The minimum Gasteiger partial charge on any atom is -0.490 e. The average molecular weight is 681 g/mol. The van der Waals surface area contributed by atoms with E-state index in [4.69, 9.17) is 26.1 Å². The molecule has 0 aliphatic rings. The summed E-state index contributed by atoms with van der Waals surface area (Å²) in [5.74, 6) is 1.89. The van der Waals surface area contributed by atoms with Gasteiger partial charge in [-0.3, -0.25) is 4.79 Å². The van der Waals surface area contributed by atoms with E-state index in [1.54, 1.807) is 12.3 Å². The first-order valence-corrected chi connectivity index (χ1v) is 13.7. The van der Waals surface area contributed by atoms with Crippen molar-refractivity contribution in [1.29, 1.82) is 0 Å². The van der Waals surface area contributed by atoms with Crippen molar-refractivity contribution in [2.45, 2.75) is 33.3 Å². The minimum atomic E-state index is -0.205. The van der Waals surface area contributed by atoms with Gasteiger partial charge in [0.15, 0.2) is 11.5 Å². The molecule has 0 saturated heterocycles. The van der Waals surface area contributed by atoms with Gasteiger partial charge in [-0.25, -0.2) is 4.98 Å². The maximum absolute atomic E-state index is 13.3. The largest absolute Gasteiger partial charge is 0.490 e. The zero-order valence-corrected chi connectivity index (χ0v) is 24.3. The van der Waals surface area contributed by atoms with Crippen LogP contribution in [0.5, 0.6) is 11.5 Å². The van der Waals surface area contributed by atoms with E-state index in [2.05, 4.69) is 43.6 Å². The SMILES string of the molecule is CCCc1nc2ccc(Br)cc2c(=O)n1N=Cc1cc(I)c(OCc2ccc(Cl)cc2)c(OCC)c1. The van der Waals surface area contributed by atoms with Gasteiger partial charge < -0.3 is 9.47 Å². The summed E-state index contributed by atoms with van der Waals surface area (Å²) in [5.41, 5.74) is 2.24. The Bertz CT molecular complexity index is 1470. The highest BCUT2D eigenvalue weighted by atomic mass is 127. The van der Waals surface area contributed by atoms with Crippen molar-refractivity contribution in [1.82, 2.24) is 9.66 Å². The molecule has 3 aromatic carbocycles. The molecule has 1 heterocycles. The zero-order chi connectivity index (χ0) is 25.7. The average Bonchev–Trinajstić information content (AvgIpc) is 2.85. The molecule has 0 saturated carbocycles. The molecular formula is C27H24BrClIN3O3. The molecule has 1 aromatic heterocycles. The maximum atomic E-state index is 13.3. The maximum Gasteiger partial charge on any atom is 0.282 e. The van der Waals surface area contributed by atoms with Crippen LogP contribution in [-0.2, 0) is 13.0 Å². The topological polar surface area (TPSA) is 65.7 Å². The third-order valence-corrected chi connectivity index (χ3v) is 6.85. The Balaban J connectivity index is 1.68. The van der Waals surface area contributed by atoms with Crippen LogP contribution in [0, 0.1) is 3.57 Å². The van der Waals surface area contributed by atoms with Crippen molar-refractivity contribution in [3.8, 4) is 11.5 Å². The Morgan fingerprint density at radius 3 is 2.61 bits per heavy atom. The molecule has 186 valence electrons. The molecule has 0 bridgehead atoms. The Hall–Kier alpha value is -2.43. The highest BCUT2D eigenvalue weighted by molar-refractivity contribution is 14.1. The first-order valence-electron chi connectivity index (χ1n) is 11.5. The Labute approximate surface area is 236 Å². The first-order chi connectivity index (χ1) is 17.4. The van der Waals surface area contributed by atoms with Gasteiger partial charge in [0.05, 0.1) is 27.3 Å². The van der Waals surface area contributed by atoms with Crippen molar-refractivity contribution in [2.75, 3.05) is 6.61 Å². The van der Waals surface area contributed by atoms with Crippen LogP contribution in [0.25, 0.3) is 10.9 Å². The van der Waals surface area contributed by atoms with Crippen LogP contribution in [0.4, 0.5) is 0 Å². The van der Waals surface area contributed by atoms with E-state index in [-0.39, 0.29) is 5.56 Å². The second kappa shape index (κ2) is 12.2. The van der Waals surface area contributed by atoms with Crippen LogP contribution >= 0.6 is 50.1 Å². The normalized spacial score (nSPS) is 11.4. The molecule has 0 unspecified atom stereocenters. The zero-order valence-electron chi connectivity index (χ0n) is 19.8. The standard InChI is InChI=1S/C27H24BrClIN3O3/c1-3-5-25-32-23-11-8-19(28)14-21(23)27(34)33(25)31-15-18-12-22(30)26(24(13-18)35-4-2)36-16-17-6-9-20(29)10-7-17/h6-15H,3-5,16H2,1-2H3. The van der Waals surface area contributed by atoms with Crippen molar-refractivity contribution >= 4 is 67.2 Å². The van der Waals surface area contributed by atoms with Gasteiger partial charge in [-0.15, -0.1) is 0 Å². The Morgan fingerprint density at radius 2 is 1.89 bits per heavy atom. The van der Waals surface area contributed by atoms with Crippen molar-refractivity contribution in [3.63, 3.8) is 0 Å². The monoisotopic (exact) mass is 679 g/mol. The third kappa shape index (κ3) is 6.27. The molecule has 0 N–H and O–H groups in total. The number of ether oxygens (including phenoxy) is 2. The van der Waals surface area contributed by atoms with E-state index in [9.17, 15) is 4.79 Å². The molecule has 6 nitrogen and oxygen atoms in total. The number of hydrogen-bond acceptors (Lipinski definition) is 5. The van der Waals surface area contributed by atoms with E-state index in [1.165, 1.54) is 4.68 Å². The number of benzene rings is 3. The van der Waals surface area contributed by atoms with Gasteiger partial charge in [0, 0.05) is 15.9 Å². The fourth-order valence-corrected chi connectivity index (χ4v) is 4.89. The lowest BCUT2D eigenvalue weighted by Crippen LogP contribution is -2.22. The van der Waals surface area contributed by atoms with E-state index >= 15 is 0 Å². The highest BCUT2D eigenvalue weighted by Crippen LogP contribution is 2.34. The fourth-order valence-electron chi connectivity index (χ4n) is 3.63. The summed E-state index contributed by atoms with van der Waals surface area (Å²) in [7, 11) is 0. The number of aromatic nitrogens is 2. The smallest absolute Gasteiger partial charge is 0.282 e. The minimum absolute atomic E-state index is 0.205. The summed E-state index contributed by atoms with van der Waals surface area (Å²) in [4.78, 5) is 18.0. The highest BCUT2D eigenvalue weighted by Gasteiger charge is 2.14. The number of nitrogens with zero attached hydrogens (tertiary/aromatic N) is 3. The molecule has 0 fully saturated rings. The Morgan fingerprint density at radius 1 is 1.11 bits per heavy atom. The van der Waals surface area contributed by atoms with E-state index in [0.29, 0.717) is 52.9 Å². The van der Waals surface area contributed by atoms with Crippen LogP contribution in [0.3, 0.4) is 0 Å². The molecule has 36 heavy (non-hydrogen) atoms. The van der Waals surface area contributed by atoms with Crippen molar-refractivity contribution < 1.29 is 9.47 Å². The van der Waals surface area contributed by atoms with Crippen molar-refractivity contribution in [2.24, 2.45) is 5.10 Å². The van der Waals surface area contributed by atoms with E-state index in [0.717, 1.165) is 25.6 Å². The van der Waals surface area contributed by atoms with Gasteiger partial charge in [0.2, 0.25) is 0 Å². The second-order valence-corrected chi connectivity index (χ2v) is 10.5. The van der Waals surface area contributed by atoms with Crippen LogP contribution in [0.2, 0.25) is 5.02 Å². The van der Waals surface area contributed by atoms with E-state index < -0.39 is 0 Å². The van der Waals surface area contributed by atoms with Crippen LogP contribution < -0.4 is 15.0 Å². The molecule has 0 atom stereocenters. The third-order valence-electron chi connectivity index (χ3n) is 5.30. The molecule has 9 heteroatoms. The summed E-state index contributed by atoms with van der Waals surface area (Å²) >= 11 is 11.6. The molecule has 0 aliphatic heterocycles. The first kappa shape index (κ1) is 26.6. The van der Waals surface area contributed by atoms with Crippen LogP contribution in [0.15, 0.2) is 69.0 Å². The predicted octanol–water partition coefficient (Wildman–Crippen LogP) is 7.23. The fraction of sp³-hybridized carbons (Fsp3) is 0.222. The summed E-state index contributed by atoms with van der Waals surface area (Å²) in [6.45, 7) is 4.84. The molecule has 0 radical (unpaired) electrons. The Kier molecular flexibility index (Phi) is 9.03. The molecule has 0 amide bonds. The van der Waals surface area contributed by atoms with Crippen LogP contribution in [-0.4, -0.2) is 22.5 Å². The molecule has 0 spiro atoms. The second-order valence-electron chi connectivity index (χ2n) is 7.98. The number of rotatable bonds is 9. The van der Waals surface area contributed by atoms with Crippen molar-refractivity contribution in [3.05, 3.63) is 95.0 Å². The number of aryl methyl sites for hydroxylation is 1. The molecule has 4 rings (SSSR count). The van der Waals surface area contributed by atoms with Gasteiger partial charge in [0.25, 0.3) is 5.56 Å². The number of fused-ring (bicyclic) bond motifs is 1. The molecular weight excluding hydrogens is 657 g/mol. The van der Waals surface area contributed by atoms with Gasteiger partial charge in [-0.05, 0) is 89.5 Å². The summed E-state index contributed by atoms with van der Waals surface area (Å²) in [6, 6.07) is 16.8. The van der Waals surface area contributed by atoms with Crippen LogP contribution in [0.1, 0.15) is 37.2 Å². The lowest BCUT2D eigenvalue weighted by atomic mass is 10.2.